The van der Waals surface area contributed by atoms with Crippen molar-refractivity contribution in [3.8, 4) is 0 Å². The molecule has 0 aliphatic rings. The molecule has 0 radical (unpaired) electrons. The van der Waals surface area contributed by atoms with E-state index in [1.54, 1.807) is 0 Å². The molecule has 0 aliphatic heterocycles. The van der Waals surface area contributed by atoms with Crippen LogP contribution in [-0.2, 0) is 0 Å². The fourth-order valence-corrected chi connectivity index (χ4v) is 5.90. The smallest absolute Gasteiger partial charge is 0.0544 e. The Morgan fingerprint density at radius 1 is 0.536 bits per heavy atom. The average Bonchev–Trinajstić information content (AvgIpc) is 3.30. The SMILES string of the molecule is c1ccc2c(c1)ccc1c3cc4c(cc3[nH]c21)sc1c2ccccc2ccc41. The van der Waals surface area contributed by atoms with E-state index in [4.69, 9.17) is 0 Å². The summed E-state index contributed by atoms with van der Waals surface area (Å²) in [6.07, 6.45) is 0. The van der Waals surface area contributed by atoms with Gasteiger partial charge in [-0.25, -0.2) is 0 Å². The molecule has 0 atom stereocenters. The van der Waals surface area contributed by atoms with E-state index in [-0.39, 0.29) is 0 Å². The summed E-state index contributed by atoms with van der Waals surface area (Å²) >= 11 is 1.90. The third kappa shape index (κ3) is 1.81. The molecule has 7 aromatic rings. The van der Waals surface area contributed by atoms with Crippen LogP contribution in [0.4, 0.5) is 0 Å². The molecule has 0 spiro atoms. The lowest BCUT2D eigenvalue weighted by Crippen LogP contribution is -1.74. The molecule has 0 unspecified atom stereocenters. The number of aromatic amines is 1. The van der Waals surface area contributed by atoms with Gasteiger partial charge in [0.15, 0.2) is 0 Å². The lowest BCUT2D eigenvalue weighted by atomic mass is 10.0. The second-order valence-corrected chi connectivity index (χ2v) is 8.55. The van der Waals surface area contributed by atoms with Crippen LogP contribution in [0.3, 0.4) is 0 Å². The number of benzene rings is 5. The molecule has 0 bridgehead atoms. The Balaban J connectivity index is 1.66. The minimum Gasteiger partial charge on any atom is -0.354 e. The molecule has 2 heterocycles. The molecule has 0 aliphatic carbocycles. The van der Waals surface area contributed by atoms with Crippen LogP contribution in [0.1, 0.15) is 0 Å². The highest BCUT2D eigenvalue weighted by Gasteiger charge is 2.13. The van der Waals surface area contributed by atoms with Crippen molar-refractivity contribution >= 4 is 74.9 Å². The van der Waals surface area contributed by atoms with E-state index >= 15 is 0 Å². The second kappa shape index (κ2) is 5.12. The van der Waals surface area contributed by atoms with Gasteiger partial charge in [-0.15, -0.1) is 11.3 Å². The van der Waals surface area contributed by atoms with Gasteiger partial charge in [0, 0.05) is 41.8 Å². The van der Waals surface area contributed by atoms with Crippen LogP contribution in [0.25, 0.3) is 63.5 Å². The highest BCUT2D eigenvalue weighted by Crippen LogP contribution is 2.41. The van der Waals surface area contributed by atoms with Crippen molar-refractivity contribution in [3.63, 3.8) is 0 Å². The quantitative estimate of drug-likeness (QED) is 0.277. The predicted molar refractivity (Wildman–Crippen MR) is 124 cm³/mol. The van der Waals surface area contributed by atoms with Crippen molar-refractivity contribution in [3.05, 3.63) is 84.9 Å². The van der Waals surface area contributed by atoms with Gasteiger partial charge in [-0.2, -0.15) is 0 Å². The topological polar surface area (TPSA) is 15.8 Å². The van der Waals surface area contributed by atoms with Crippen molar-refractivity contribution in [2.75, 3.05) is 0 Å². The zero-order valence-electron chi connectivity index (χ0n) is 15.0. The summed E-state index contributed by atoms with van der Waals surface area (Å²) in [5.74, 6) is 0. The highest BCUT2D eigenvalue weighted by molar-refractivity contribution is 7.26. The van der Waals surface area contributed by atoms with Crippen molar-refractivity contribution in [1.82, 2.24) is 4.98 Å². The standard InChI is InChI=1S/C26H15NS/c1-3-7-17-15(5-1)9-11-19-21-13-22-20-12-10-16-6-2-4-8-18(16)26(20)28-24(22)14-23(21)27-25(17)19/h1-14,27H. The zero-order valence-corrected chi connectivity index (χ0v) is 15.8. The van der Waals surface area contributed by atoms with Crippen LogP contribution in [0.15, 0.2) is 84.9 Å². The van der Waals surface area contributed by atoms with Gasteiger partial charge in [0.25, 0.3) is 0 Å². The Labute approximate surface area is 164 Å². The summed E-state index contributed by atoms with van der Waals surface area (Å²) in [4.78, 5) is 3.70. The molecule has 0 amide bonds. The largest absolute Gasteiger partial charge is 0.354 e. The third-order valence-corrected chi connectivity index (χ3v) is 7.18. The molecule has 0 saturated heterocycles. The summed E-state index contributed by atoms with van der Waals surface area (Å²) in [5.41, 5.74) is 2.45. The maximum absolute atomic E-state index is 3.70. The van der Waals surface area contributed by atoms with Crippen LogP contribution >= 0.6 is 11.3 Å². The first-order valence-electron chi connectivity index (χ1n) is 9.54. The van der Waals surface area contributed by atoms with Crippen LogP contribution in [0.2, 0.25) is 0 Å². The first-order valence-corrected chi connectivity index (χ1v) is 10.4. The van der Waals surface area contributed by atoms with Gasteiger partial charge in [0.1, 0.15) is 0 Å². The van der Waals surface area contributed by atoms with Crippen LogP contribution in [-0.4, -0.2) is 4.98 Å². The molecule has 0 saturated carbocycles. The third-order valence-electron chi connectivity index (χ3n) is 5.98. The Bertz CT molecular complexity index is 1590. The molecular formula is C26H15NS. The van der Waals surface area contributed by atoms with Gasteiger partial charge in [-0.3, -0.25) is 0 Å². The van der Waals surface area contributed by atoms with Crippen LogP contribution in [0, 0.1) is 0 Å². The normalized spacial score (nSPS) is 12.3. The van der Waals surface area contributed by atoms with Gasteiger partial charge in [0.05, 0.1) is 5.52 Å². The average molecular weight is 373 g/mol. The lowest BCUT2D eigenvalue weighted by molar-refractivity contribution is 1.58. The first-order chi connectivity index (χ1) is 13.9. The van der Waals surface area contributed by atoms with E-state index in [0.717, 1.165) is 0 Å². The summed E-state index contributed by atoms with van der Waals surface area (Å²) in [5, 5.41) is 10.5. The number of hydrogen-bond acceptors (Lipinski definition) is 1. The summed E-state index contributed by atoms with van der Waals surface area (Å²) in [6.45, 7) is 0. The Morgan fingerprint density at radius 2 is 1.25 bits per heavy atom. The number of hydrogen-bond donors (Lipinski definition) is 1. The molecular weight excluding hydrogens is 358 g/mol. The Hall–Kier alpha value is -3.36. The second-order valence-electron chi connectivity index (χ2n) is 7.49. The molecule has 0 fully saturated rings. The van der Waals surface area contributed by atoms with E-state index in [2.05, 4.69) is 89.9 Å². The summed E-state index contributed by atoms with van der Waals surface area (Å²) < 4.78 is 2.73. The minimum absolute atomic E-state index is 1.22. The van der Waals surface area contributed by atoms with Crippen LogP contribution < -0.4 is 0 Å². The molecule has 7 rings (SSSR count). The number of aromatic nitrogens is 1. The van der Waals surface area contributed by atoms with Crippen molar-refractivity contribution < 1.29 is 0 Å². The predicted octanol–water partition coefficient (Wildman–Crippen LogP) is 8.00. The van der Waals surface area contributed by atoms with Crippen molar-refractivity contribution in [2.24, 2.45) is 0 Å². The number of thiophene rings is 1. The fourth-order valence-electron chi connectivity index (χ4n) is 4.64. The van der Waals surface area contributed by atoms with Crippen molar-refractivity contribution in [1.29, 1.82) is 0 Å². The monoisotopic (exact) mass is 373 g/mol. The molecule has 5 aromatic carbocycles. The molecule has 28 heavy (non-hydrogen) atoms. The van der Waals surface area contributed by atoms with Gasteiger partial charge in [-0.1, -0.05) is 72.8 Å². The lowest BCUT2D eigenvalue weighted by Gasteiger charge is -1.99. The zero-order chi connectivity index (χ0) is 18.2. The maximum Gasteiger partial charge on any atom is 0.0544 e. The molecule has 130 valence electrons. The number of H-pyrrole nitrogens is 1. The molecule has 1 nitrogen and oxygen atoms in total. The number of fused-ring (bicyclic) bond motifs is 10. The minimum atomic E-state index is 1.22. The van der Waals surface area contributed by atoms with Gasteiger partial charge < -0.3 is 4.98 Å². The van der Waals surface area contributed by atoms with E-state index in [1.165, 1.54) is 63.5 Å². The number of rotatable bonds is 0. The van der Waals surface area contributed by atoms with Gasteiger partial charge >= 0.3 is 0 Å². The van der Waals surface area contributed by atoms with E-state index in [1.807, 2.05) is 11.3 Å². The number of nitrogens with one attached hydrogen (secondary N) is 1. The van der Waals surface area contributed by atoms with Gasteiger partial charge in [-0.05, 0) is 28.3 Å². The molecule has 1 N–H and O–H groups in total. The highest BCUT2D eigenvalue weighted by atomic mass is 32.1. The van der Waals surface area contributed by atoms with E-state index in [0.29, 0.717) is 0 Å². The van der Waals surface area contributed by atoms with Crippen molar-refractivity contribution in [2.45, 2.75) is 0 Å². The van der Waals surface area contributed by atoms with Crippen LogP contribution in [0.5, 0.6) is 0 Å². The molecule has 2 heteroatoms. The van der Waals surface area contributed by atoms with E-state index < -0.39 is 0 Å². The Kier molecular flexibility index (Phi) is 2.68. The first kappa shape index (κ1) is 14.7. The van der Waals surface area contributed by atoms with Gasteiger partial charge in [0.2, 0.25) is 0 Å². The maximum atomic E-state index is 3.70. The molecule has 2 aromatic heterocycles. The van der Waals surface area contributed by atoms with E-state index in [9.17, 15) is 0 Å². The summed E-state index contributed by atoms with van der Waals surface area (Å²) in [7, 11) is 0. The fraction of sp³-hybridized carbons (Fsp3) is 0. The Morgan fingerprint density at radius 3 is 2.11 bits per heavy atom. The summed E-state index contributed by atoms with van der Waals surface area (Å²) in [6, 6.07) is 31.0.